The maximum Gasteiger partial charge on any atom is 0.230 e. The van der Waals surface area contributed by atoms with Gasteiger partial charge in [-0.05, 0) is 24.3 Å². The Kier molecular flexibility index (Phi) is 5.06. The molecule has 0 fully saturated rings. The van der Waals surface area contributed by atoms with Crippen molar-refractivity contribution in [3.05, 3.63) is 54.5 Å². The van der Waals surface area contributed by atoms with Gasteiger partial charge in [0.05, 0.1) is 18.6 Å². The molecule has 100 valence electrons. The minimum atomic E-state index is -0.805. The van der Waals surface area contributed by atoms with Gasteiger partial charge < -0.3 is 14.8 Å². The first-order valence-corrected chi connectivity index (χ1v) is 6.90. The summed E-state index contributed by atoms with van der Waals surface area (Å²) in [6.45, 7) is 0.154. The number of hydrogen-bond donors (Lipinski definition) is 2. The molecule has 2 aromatic rings. The molecule has 4 nitrogen and oxygen atoms in total. The highest BCUT2D eigenvalue weighted by Gasteiger charge is 2.11. The molecule has 0 spiro atoms. The number of furan rings is 1. The van der Waals surface area contributed by atoms with Crippen LogP contribution in [-0.4, -0.2) is 23.3 Å². The number of carbonyl (C=O) groups excluding carboxylic acids is 1. The number of carbonyl (C=O) groups is 1. The van der Waals surface area contributed by atoms with Gasteiger partial charge in [-0.25, -0.2) is 0 Å². The van der Waals surface area contributed by atoms with Crippen molar-refractivity contribution in [2.45, 2.75) is 11.0 Å². The first kappa shape index (κ1) is 13.7. The van der Waals surface area contributed by atoms with E-state index in [4.69, 9.17) is 4.42 Å². The smallest absolute Gasteiger partial charge is 0.230 e. The van der Waals surface area contributed by atoms with Gasteiger partial charge in [-0.3, -0.25) is 4.79 Å². The SMILES string of the molecule is O=C(CSc1ccccc1)NCC(O)c1ccco1. The summed E-state index contributed by atoms with van der Waals surface area (Å²) in [5, 5.41) is 12.4. The molecular weight excluding hydrogens is 262 g/mol. The number of hydrogen-bond acceptors (Lipinski definition) is 4. The van der Waals surface area contributed by atoms with Crippen LogP contribution in [-0.2, 0) is 4.79 Å². The van der Waals surface area contributed by atoms with Crippen LogP contribution in [0.4, 0.5) is 0 Å². The van der Waals surface area contributed by atoms with E-state index < -0.39 is 6.10 Å². The highest BCUT2D eigenvalue weighted by molar-refractivity contribution is 8.00. The molecule has 1 amide bonds. The monoisotopic (exact) mass is 277 g/mol. The molecule has 0 saturated heterocycles. The Bertz CT molecular complexity index is 499. The van der Waals surface area contributed by atoms with Crippen LogP contribution in [0.5, 0.6) is 0 Å². The minimum absolute atomic E-state index is 0.112. The van der Waals surface area contributed by atoms with E-state index in [2.05, 4.69) is 5.32 Å². The van der Waals surface area contributed by atoms with Gasteiger partial charge in [0.2, 0.25) is 5.91 Å². The van der Waals surface area contributed by atoms with Crippen molar-refractivity contribution < 1.29 is 14.3 Å². The largest absolute Gasteiger partial charge is 0.467 e. The van der Waals surface area contributed by atoms with Crippen molar-refractivity contribution in [1.82, 2.24) is 5.32 Å². The van der Waals surface area contributed by atoms with E-state index in [9.17, 15) is 9.90 Å². The fourth-order valence-electron chi connectivity index (χ4n) is 1.51. The number of amides is 1. The topological polar surface area (TPSA) is 62.5 Å². The van der Waals surface area contributed by atoms with E-state index in [0.717, 1.165) is 4.90 Å². The Morgan fingerprint density at radius 1 is 1.26 bits per heavy atom. The van der Waals surface area contributed by atoms with Crippen molar-refractivity contribution in [3.63, 3.8) is 0 Å². The van der Waals surface area contributed by atoms with Crippen molar-refractivity contribution in [2.24, 2.45) is 0 Å². The van der Waals surface area contributed by atoms with E-state index in [1.54, 1.807) is 12.1 Å². The second kappa shape index (κ2) is 7.01. The Labute approximate surface area is 115 Å². The molecule has 1 atom stereocenters. The van der Waals surface area contributed by atoms with Crippen LogP contribution in [0.2, 0.25) is 0 Å². The molecule has 19 heavy (non-hydrogen) atoms. The third kappa shape index (κ3) is 4.46. The predicted molar refractivity (Wildman–Crippen MR) is 73.8 cm³/mol. The van der Waals surface area contributed by atoms with Gasteiger partial charge in [0, 0.05) is 4.90 Å². The Morgan fingerprint density at radius 2 is 2.05 bits per heavy atom. The fraction of sp³-hybridized carbons (Fsp3) is 0.214. The number of thioether (sulfide) groups is 1. The number of rotatable bonds is 6. The Morgan fingerprint density at radius 3 is 2.74 bits per heavy atom. The summed E-state index contributed by atoms with van der Waals surface area (Å²) in [5.41, 5.74) is 0. The standard InChI is InChI=1S/C14H15NO3S/c16-12(13-7-4-8-18-13)9-15-14(17)10-19-11-5-2-1-3-6-11/h1-8,12,16H,9-10H2,(H,15,17). The number of aliphatic hydroxyl groups excluding tert-OH is 1. The van der Waals surface area contributed by atoms with Gasteiger partial charge in [-0.2, -0.15) is 0 Å². The lowest BCUT2D eigenvalue weighted by atomic mass is 10.3. The summed E-state index contributed by atoms with van der Waals surface area (Å²) < 4.78 is 5.05. The molecule has 0 saturated carbocycles. The second-order valence-corrected chi connectivity index (χ2v) is 4.99. The van der Waals surface area contributed by atoms with Crippen molar-refractivity contribution in [1.29, 1.82) is 0 Å². The van der Waals surface area contributed by atoms with Crippen LogP contribution >= 0.6 is 11.8 Å². The van der Waals surface area contributed by atoms with Crippen molar-refractivity contribution in [3.8, 4) is 0 Å². The van der Waals surface area contributed by atoms with Crippen LogP contribution in [0.15, 0.2) is 58.0 Å². The van der Waals surface area contributed by atoms with E-state index in [-0.39, 0.29) is 12.5 Å². The molecule has 2 N–H and O–H groups in total. The van der Waals surface area contributed by atoms with Crippen LogP contribution < -0.4 is 5.32 Å². The van der Waals surface area contributed by atoms with E-state index >= 15 is 0 Å². The quantitative estimate of drug-likeness (QED) is 0.795. The van der Waals surface area contributed by atoms with Gasteiger partial charge in [-0.1, -0.05) is 18.2 Å². The third-order valence-electron chi connectivity index (χ3n) is 2.48. The van der Waals surface area contributed by atoms with Crippen LogP contribution in [0.3, 0.4) is 0 Å². The van der Waals surface area contributed by atoms with E-state index in [1.165, 1.54) is 18.0 Å². The highest BCUT2D eigenvalue weighted by atomic mass is 32.2. The van der Waals surface area contributed by atoms with Crippen LogP contribution in [0, 0.1) is 0 Å². The summed E-state index contributed by atoms with van der Waals surface area (Å²) in [5.74, 6) is 0.671. The summed E-state index contributed by atoms with van der Waals surface area (Å²) in [7, 11) is 0. The van der Waals surface area contributed by atoms with E-state index in [1.807, 2.05) is 30.3 Å². The van der Waals surface area contributed by atoms with Gasteiger partial charge in [-0.15, -0.1) is 11.8 Å². The molecule has 1 unspecified atom stereocenters. The summed E-state index contributed by atoms with van der Waals surface area (Å²) >= 11 is 1.46. The van der Waals surface area contributed by atoms with Crippen LogP contribution in [0.1, 0.15) is 11.9 Å². The van der Waals surface area contributed by atoms with Gasteiger partial charge in [0.1, 0.15) is 11.9 Å². The molecule has 5 heteroatoms. The predicted octanol–water partition coefficient (Wildman–Crippen LogP) is 2.22. The molecular formula is C14H15NO3S. The first-order chi connectivity index (χ1) is 9.25. The lowest BCUT2D eigenvalue weighted by molar-refractivity contribution is -0.119. The molecule has 0 aliphatic rings. The van der Waals surface area contributed by atoms with Crippen molar-refractivity contribution in [2.75, 3.05) is 12.3 Å². The molecule has 0 aliphatic carbocycles. The van der Waals surface area contributed by atoms with E-state index in [0.29, 0.717) is 11.5 Å². The zero-order valence-corrected chi connectivity index (χ0v) is 11.1. The number of aliphatic hydroxyl groups is 1. The average molecular weight is 277 g/mol. The molecule has 2 rings (SSSR count). The second-order valence-electron chi connectivity index (χ2n) is 3.94. The summed E-state index contributed by atoms with van der Waals surface area (Å²) in [6.07, 6.45) is 0.687. The normalized spacial score (nSPS) is 12.1. The van der Waals surface area contributed by atoms with Crippen LogP contribution in [0.25, 0.3) is 0 Å². The first-order valence-electron chi connectivity index (χ1n) is 5.92. The molecule has 0 bridgehead atoms. The molecule has 0 aliphatic heterocycles. The third-order valence-corrected chi connectivity index (χ3v) is 3.49. The van der Waals surface area contributed by atoms with Gasteiger partial charge >= 0.3 is 0 Å². The lowest BCUT2D eigenvalue weighted by Gasteiger charge is -2.09. The number of benzene rings is 1. The molecule has 1 aromatic heterocycles. The zero-order valence-electron chi connectivity index (χ0n) is 10.3. The van der Waals surface area contributed by atoms with Gasteiger partial charge in [0.25, 0.3) is 0 Å². The lowest BCUT2D eigenvalue weighted by Crippen LogP contribution is -2.29. The Hall–Kier alpha value is -1.72. The molecule has 0 radical (unpaired) electrons. The van der Waals surface area contributed by atoms with Gasteiger partial charge in [0.15, 0.2) is 0 Å². The minimum Gasteiger partial charge on any atom is -0.467 e. The molecule has 1 aromatic carbocycles. The Balaban J connectivity index is 1.70. The average Bonchev–Trinajstić information content (AvgIpc) is 2.98. The number of nitrogens with one attached hydrogen (secondary N) is 1. The maximum atomic E-state index is 11.6. The molecule has 1 heterocycles. The zero-order chi connectivity index (χ0) is 13.5. The summed E-state index contributed by atoms with van der Waals surface area (Å²) in [6, 6.07) is 13.1. The van der Waals surface area contributed by atoms with Crippen molar-refractivity contribution >= 4 is 17.7 Å². The summed E-state index contributed by atoms with van der Waals surface area (Å²) in [4.78, 5) is 12.7. The maximum absolute atomic E-state index is 11.6. The fourth-order valence-corrected chi connectivity index (χ4v) is 2.26. The highest BCUT2D eigenvalue weighted by Crippen LogP contribution is 2.16.